The molecule has 1 fully saturated rings. The van der Waals surface area contributed by atoms with Gasteiger partial charge in [-0.2, -0.15) is 0 Å². The SMILES string of the molecule is CC1CCN(c2nc(-c3csc(N)n3)cs2)CC1. The van der Waals surface area contributed by atoms with Crippen molar-refractivity contribution in [2.45, 2.75) is 19.8 Å². The van der Waals surface area contributed by atoms with Crippen LogP contribution in [-0.2, 0) is 0 Å². The van der Waals surface area contributed by atoms with Crippen molar-refractivity contribution in [2.24, 2.45) is 5.92 Å². The number of thiazole rings is 2. The minimum absolute atomic E-state index is 0.603. The summed E-state index contributed by atoms with van der Waals surface area (Å²) in [7, 11) is 0. The van der Waals surface area contributed by atoms with Crippen LogP contribution in [0.2, 0.25) is 0 Å². The van der Waals surface area contributed by atoms with Crippen LogP contribution in [0.15, 0.2) is 10.8 Å². The molecule has 0 aliphatic carbocycles. The van der Waals surface area contributed by atoms with Crippen molar-refractivity contribution in [1.29, 1.82) is 0 Å². The van der Waals surface area contributed by atoms with Gasteiger partial charge in [0.25, 0.3) is 0 Å². The molecule has 0 radical (unpaired) electrons. The third kappa shape index (κ3) is 2.35. The lowest BCUT2D eigenvalue weighted by Gasteiger charge is -2.29. The zero-order chi connectivity index (χ0) is 12.5. The van der Waals surface area contributed by atoms with E-state index in [-0.39, 0.29) is 0 Å². The van der Waals surface area contributed by atoms with E-state index in [1.807, 2.05) is 5.38 Å². The number of nitrogens with two attached hydrogens (primary N) is 1. The highest BCUT2D eigenvalue weighted by atomic mass is 32.1. The van der Waals surface area contributed by atoms with Crippen LogP contribution in [0.4, 0.5) is 10.3 Å². The normalized spacial score (nSPS) is 17.3. The quantitative estimate of drug-likeness (QED) is 0.918. The molecule has 18 heavy (non-hydrogen) atoms. The van der Waals surface area contributed by atoms with Crippen LogP contribution in [0.5, 0.6) is 0 Å². The first-order chi connectivity index (χ1) is 8.72. The molecule has 0 amide bonds. The van der Waals surface area contributed by atoms with Gasteiger partial charge in [0, 0.05) is 23.8 Å². The summed E-state index contributed by atoms with van der Waals surface area (Å²) in [4.78, 5) is 11.3. The summed E-state index contributed by atoms with van der Waals surface area (Å²) in [6.45, 7) is 4.56. The molecule has 6 heteroatoms. The van der Waals surface area contributed by atoms with Crippen molar-refractivity contribution in [3.8, 4) is 11.4 Å². The summed E-state index contributed by atoms with van der Waals surface area (Å²) in [5, 5.41) is 5.75. The Morgan fingerprint density at radius 1 is 1.17 bits per heavy atom. The number of hydrogen-bond donors (Lipinski definition) is 1. The van der Waals surface area contributed by atoms with Crippen molar-refractivity contribution in [3.05, 3.63) is 10.8 Å². The van der Waals surface area contributed by atoms with E-state index in [1.54, 1.807) is 11.3 Å². The molecule has 0 saturated carbocycles. The van der Waals surface area contributed by atoms with Crippen molar-refractivity contribution in [3.63, 3.8) is 0 Å². The van der Waals surface area contributed by atoms with E-state index in [4.69, 9.17) is 5.73 Å². The molecule has 2 aromatic heterocycles. The molecule has 4 nitrogen and oxygen atoms in total. The first kappa shape index (κ1) is 11.9. The zero-order valence-corrected chi connectivity index (χ0v) is 11.9. The molecule has 0 bridgehead atoms. The van der Waals surface area contributed by atoms with Gasteiger partial charge in [-0.25, -0.2) is 9.97 Å². The summed E-state index contributed by atoms with van der Waals surface area (Å²) < 4.78 is 0. The first-order valence-corrected chi connectivity index (χ1v) is 7.90. The fourth-order valence-electron chi connectivity index (χ4n) is 2.13. The highest BCUT2D eigenvalue weighted by molar-refractivity contribution is 7.14. The lowest BCUT2D eigenvalue weighted by molar-refractivity contribution is 0.438. The van der Waals surface area contributed by atoms with Crippen LogP contribution < -0.4 is 10.6 Å². The van der Waals surface area contributed by atoms with E-state index < -0.39 is 0 Å². The molecule has 1 saturated heterocycles. The Kier molecular flexibility index (Phi) is 3.22. The Bertz CT molecular complexity index is 526. The molecule has 0 unspecified atom stereocenters. The minimum atomic E-state index is 0.603. The van der Waals surface area contributed by atoms with Gasteiger partial charge in [0.15, 0.2) is 10.3 Å². The Labute approximate surface area is 114 Å². The highest BCUT2D eigenvalue weighted by Crippen LogP contribution is 2.30. The second-order valence-corrected chi connectivity index (χ2v) is 6.48. The van der Waals surface area contributed by atoms with Gasteiger partial charge in [-0.05, 0) is 18.8 Å². The minimum Gasteiger partial charge on any atom is -0.375 e. The molecule has 3 rings (SSSR count). The number of rotatable bonds is 2. The summed E-state index contributed by atoms with van der Waals surface area (Å²) in [5.74, 6) is 0.846. The predicted molar refractivity (Wildman–Crippen MR) is 78.2 cm³/mol. The fourth-order valence-corrected chi connectivity index (χ4v) is 3.56. The molecule has 0 atom stereocenters. The standard InChI is InChI=1S/C12H16N4S2/c1-8-2-4-16(5-3-8)12-15-10(7-18-12)9-6-17-11(13)14-9/h6-8H,2-5H2,1H3,(H2,13,14). The number of nitrogens with zero attached hydrogens (tertiary/aromatic N) is 3. The second-order valence-electron chi connectivity index (χ2n) is 4.76. The van der Waals surface area contributed by atoms with Crippen LogP contribution >= 0.6 is 22.7 Å². The van der Waals surface area contributed by atoms with Gasteiger partial charge in [-0.15, -0.1) is 22.7 Å². The Hall–Kier alpha value is -1.14. The van der Waals surface area contributed by atoms with E-state index in [0.29, 0.717) is 5.13 Å². The fraction of sp³-hybridized carbons (Fsp3) is 0.500. The van der Waals surface area contributed by atoms with Gasteiger partial charge in [0.1, 0.15) is 11.4 Å². The van der Waals surface area contributed by atoms with Crippen molar-refractivity contribution in [2.75, 3.05) is 23.7 Å². The second kappa shape index (κ2) is 4.85. The zero-order valence-electron chi connectivity index (χ0n) is 10.3. The molecular weight excluding hydrogens is 264 g/mol. The first-order valence-electron chi connectivity index (χ1n) is 6.14. The lowest BCUT2D eigenvalue weighted by atomic mass is 10.00. The van der Waals surface area contributed by atoms with Gasteiger partial charge >= 0.3 is 0 Å². The Morgan fingerprint density at radius 2 is 1.83 bits per heavy atom. The smallest absolute Gasteiger partial charge is 0.185 e. The number of nitrogen functional groups attached to an aromatic ring is 1. The molecular formula is C12H16N4S2. The average molecular weight is 280 g/mol. The number of hydrogen-bond acceptors (Lipinski definition) is 6. The molecule has 1 aliphatic heterocycles. The Balaban J connectivity index is 1.77. The van der Waals surface area contributed by atoms with E-state index in [9.17, 15) is 0 Å². The molecule has 0 aromatic carbocycles. The van der Waals surface area contributed by atoms with E-state index in [0.717, 1.165) is 35.5 Å². The van der Waals surface area contributed by atoms with Crippen LogP contribution in [0.3, 0.4) is 0 Å². The topological polar surface area (TPSA) is 55.0 Å². The van der Waals surface area contributed by atoms with Gasteiger partial charge in [-0.1, -0.05) is 6.92 Å². The van der Waals surface area contributed by atoms with Gasteiger partial charge in [-0.3, -0.25) is 0 Å². The maximum absolute atomic E-state index is 5.65. The van der Waals surface area contributed by atoms with E-state index in [1.165, 1.54) is 24.2 Å². The van der Waals surface area contributed by atoms with Gasteiger partial charge in [0.05, 0.1) is 0 Å². The Morgan fingerprint density at radius 3 is 2.50 bits per heavy atom. The molecule has 3 heterocycles. The van der Waals surface area contributed by atoms with Crippen molar-refractivity contribution >= 4 is 32.9 Å². The molecule has 2 aromatic rings. The third-order valence-corrected chi connectivity index (χ3v) is 4.91. The largest absolute Gasteiger partial charge is 0.375 e. The van der Waals surface area contributed by atoms with Crippen LogP contribution in [-0.4, -0.2) is 23.1 Å². The molecule has 0 spiro atoms. The van der Waals surface area contributed by atoms with Crippen LogP contribution in [0.1, 0.15) is 19.8 Å². The predicted octanol–water partition coefficient (Wildman–Crippen LogP) is 3.09. The molecule has 1 aliphatic rings. The van der Waals surface area contributed by atoms with Crippen molar-refractivity contribution in [1.82, 2.24) is 9.97 Å². The monoisotopic (exact) mass is 280 g/mol. The summed E-state index contributed by atoms with van der Waals surface area (Å²) in [6.07, 6.45) is 2.52. The highest BCUT2D eigenvalue weighted by Gasteiger charge is 2.19. The summed E-state index contributed by atoms with van der Waals surface area (Å²) in [6, 6.07) is 0. The lowest BCUT2D eigenvalue weighted by Crippen LogP contribution is -2.32. The van der Waals surface area contributed by atoms with Gasteiger partial charge < -0.3 is 10.6 Å². The summed E-state index contributed by atoms with van der Waals surface area (Å²) in [5.41, 5.74) is 7.49. The van der Waals surface area contributed by atoms with E-state index >= 15 is 0 Å². The molecule has 2 N–H and O–H groups in total. The van der Waals surface area contributed by atoms with E-state index in [2.05, 4.69) is 27.2 Å². The average Bonchev–Trinajstić information content (AvgIpc) is 2.98. The van der Waals surface area contributed by atoms with Gasteiger partial charge in [0.2, 0.25) is 0 Å². The van der Waals surface area contributed by atoms with Crippen molar-refractivity contribution < 1.29 is 0 Å². The maximum Gasteiger partial charge on any atom is 0.185 e. The van der Waals surface area contributed by atoms with Crippen LogP contribution in [0, 0.1) is 5.92 Å². The maximum atomic E-state index is 5.65. The number of anilines is 2. The summed E-state index contributed by atoms with van der Waals surface area (Å²) >= 11 is 3.16. The third-order valence-electron chi connectivity index (χ3n) is 3.33. The number of piperidine rings is 1. The molecule has 96 valence electrons. The number of aromatic nitrogens is 2. The van der Waals surface area contributed by atoms with Crippen LogP contribution in [0.25, 0.3) is 11.4 Å².